The summed E-state index contributed by atoms with van der Waals surface area (Å²) in [6, 6.07) is 5.31. The zero-order chi connectivity index (χ0) is 15.6. The Bertz CT molecular complexity index is 641. The summed E-state index contributed by atoms with van der Waals surface area (Å²) in [5.74, 6) is -1.65. The average molecular weight is 307 g/mol. The molecule has 0 aliphatic carbocycles. The fourth-order valence-electron chi connectivity index (χ4n) is 1.66. The van der Waals surface area contributed by atoms with Crippen molar-refractivity contribution in [2.75, 3.05) is 0 Å². The lowest BCUT2D eigenvalue weighted by molar-refractivity contribution is -0.137. The molecule has 0 aliphatic heterocycles. The van der Waals surface area contributed by atoms with Gasteiger partial charge in [-0.3, -0.25) is 0 Å². The average Bonchev–Trinajstić information content (AvgIpc) is 2.38. The highest BCUT2D eigenvalue weighted by atomic mass is 19.4. The number of alkyl halides is 5. The number of aromatic nitrogens is 1. The number of pyridine rings is 1. The fraction of sp³-hybridized carbons (Fsp3) is 0.154. The van der Waals surface area contributed by atoms with E-state index in [1.54, 1.807) is 0 Å². The highest BCUT2D eigenvalue weighted by Gasteiger charge is 2.32. The van der Waals surface area contributed by atoms with Crippen LogP contribution in [0.15, 0.2) is 36.5 Å². The van der Waals surface area contributed by atoms with Crippen molar-refractivity contribution in [3.63, 3.8) is 0 Å². The molecule has 0 saturated heterocycles. The van der Waals surface area contributed by atoms with Crippen LogP contribution >= 0.6 is 0 Å². The van der Waals surface area contributed by atoms with Gasteiger partial charge in [0.05, 0.1) is 5.56 Å². The Morgan fingerprint density at radius 3 is 2.29 bits per heavy atom. The minimum Gasteiger partial charge on any atom is -0.416 e. The highest BCUT2D eigenvalue weighted by Crippen LogP contribution is 2.36. The van der Waals surface area contributed by atoms with Crippen LogP contribution in [0, 0.1) is 5.82 Å². The molecule has 1 heterocycles. The number of hydrogen-bond acceptors (Lipinski definition) is 2. The second-order valence-electron chi connectivity index (χ2n) is 3.93. The molecule has 0 unspecified atom stereocenters. The van der Waals surface area contributed by atoms with Gasteiger partial charge in [-0.25, -0.2) is 9.37 Å². The molecule has 0 amide bonds. The zero-order valence-corrected chi connectivity index (χ0v) is 10.2. The number of ether oxygens (including phenoxy) is 1. The van der Waals surface area contributed by atoms with Gasteiger partial charge in [-0.2, -0.15) is 22.0 Å². The maximum atomic E-state index is 13.7. The van der Waals surface area contributed by atoms with Crippen molar-refractivity contribution in [1.29, 1.82) is 0 Å². The second-order valence-corrected chi connectivity index (χ2v) is 3.93. The fourth-order valence-corrected chi connectivity index (χ4v) is 1.66. The summed E-state index contributed by atoms with van der Waals surface area (Å²) in [4.78, 5) is 3.21. The van der Waals surface area contributed by atoms with Crippen LogP contribution in [0.1, 0.15) is 5.56 Å². The van der Waals surface area contributed by atoms with Crippen LogP contribution in [0.25, 0.3) is 11.1 Å². The molecule has 0 fully saturated rings. The minimum atomic E-state index is -4.74. The number of benzene rings is 1. The summed E-state index contributed by atoms with van der Waals surface area (Å²) < 4.78 is 80.2. The van der Waals surface area contributed by atoms with Gasteiger partial charge in [0.2, 0.25) is 5.88 Å². The van der Waals surface area contributed by atoms with E-state index in [9.17, 15) is 26.3 Å². The predicted octanol–water partition coefficient (Wildman–Crippen LogP) is 4.51. The van der Waals surface area contributed by atoms with Gasteiger partial charge in [-0.15, -0.1) is 0 Å². The van der Waals surface area contributed by atoms with Gasteiger partial charge in [-0.1, -0.05) is 18.2 Å². The zero-order valence-electron chi connectivity index (χ0n) is 10.2. The Morgan fingerprint density at radius 2 is 1.71 bits per heavy atom. The summed E-state index contributed by atoms with van der Waals surface area (Å²) in [6.07, 6.45) is -4.39. The molecule has 0 saturated carbocycles. The molecule has 0 N–H and O–H groups in total. The molecular formula is C13H7F6NO. The molecule has 1 aromatic heterocycles. The number of halogens is 6. The van der Waals surface area contributed by atoms with E-state index in [0.29, 0.717) is 12.3 Å². The third-order valence-corrected chi connectivity index (χ3v) is 2.54. The van der Waals surface area contributed by atoms with Crippen molar-refractivity contribution in [2.45, 2.75) is 12.8 Å². The maximum absolute atomic E-state index is 13.7. The van der Waals surface area contributed by atoms with Gasteiger partial charge < -0.3 is 4.74 Å². The Morgan fingerprint density at radius 1 is 1.05 bits per heavy atom. The Balaban J connectivity index is 2.61. The molecule has 2 nitrogen and oxygen atoms in total. The number of nitrogens with zero attached hydrogens (tertiary/aromatic N) is 1. The predicted molar refractivity (Wildman–Crippen MR) is 61.3 cm³/mol. The number of hydrogen-bond donors (Lipinski definition) is 0. The summed E-state index contributed by atoms with van der Waals surface area (Å²) in [5, 5.41) is 0. The van der Waals surface area contributed by atoms with Crippen molar-refractivity contribution in [1.82, 2.24) is 4.98 Å². The van der Waals surface area contributed by atoms with Crippen LogP contribution in [-0.4, -0.2) is 11.6 Å². The first-order valence-electron chi connectivity index (χ1n) is 5.56. The molecule has 0 bridgehead atoms. The molecule has 1 aromatic carbocycles. The minimum absolute atomic E-state index is 0.313. The lowest BCUT2D eigenvalue weighted by atomic mass is 10.0. The van der Waals surface area contributed by atoms with E-state index in [-0.39, 0.29) is 5.56 Å². The summed E-state index contributed by atoms with van der Waals surface area (Å²) in [5.41, 5.74) is -2.00. The van der Waals surface area contributed by atoms with Crippen molar-refractivity contribution in [3.8, 4) is 17.0 Å². The molecule has 0 aliphatic rings. The molecule has 2 rings (SSSR count). The summed E-state index contributed by atoms with van der Waals surface area (Å²) in [6.45, 7) is -3.29. The van der Waals surface area contributed by atoms with Gasteiger partial charge in [0.25, 0.3) is 0 Å². The van der Waals surface area contributed by atoms with Crippen LogP contribution < -0.4 is 4.74 Å². The third-order valence-electron chi connectivity index (χ3n) is 2.54. The van der Waals surface area contributed by atoms with Crippen molar-refractivity contribution < 1.29 is 31.1 Å². The third kappa shape index (κ3) is 3.45. The van der Waals surface area contributed by atoms with Crippen LogP contribution in [0.5, 0.6) is 5.88 Å². The topological polar surface area (TPSA) is 22.1 Å². The van der Waals surface area contributed by atoms with Crippen LogP contribution in [-0.2, 0) is 6.18 Å². The van der Waals surface area contributed by atoms with Gasteiger partial charge in [0, 0.05) is 17.3 Å². The van der Waals surface area contributed by atoms with E-state index < -0.39 is 35.6 Å². The van der Waals surface area contributed by atoms with E-state index in [4.69, 9.17) is 0 Å². The monoisotopic (exact) mass is 307 g/mol. The standard InChI is InChI=1S/C13H7F6NO/c14-10-4-2-1-3-8(10)9-5-7(13(17,18)19)6-20-11(9)21-12(15)16/h1-6,12H. The van der Waals surface area contributed by atoms with Crippen molar-refractivity contribution >= 4 is 0 Å². The molecular weight excluding hydrogens is 300 g/mol. The quantitative estimate of drug-likeness (QED) is 0.778. The normalized spacial score (nSPS) is 11.8. The second kappa shape index (κ2) is 5.63. The molecule has 0 radical (unpaired) electrons. The highest BCUT2D eigenvalue weighted by molar-refractivity contribution is 5.69. The Hall–Kier alpha value is -2.25. The van der Waals surface area contributed by atoms with Crippen LogP contribution in [0.2, 0.25) is 0 Å². The SMILES string of the molecule is Fc1ccccc1-c1cc(C(F)(F)F)cnc1OC(F)F. The van der Waals surface area contributed by atoms with Crippen LogP contribution in [0.3, 0.4) is 0 Å². The lowest BCUT2D eigenvalue weighted by Crippen LogP contribution is -2.09. The smallest absolute Gasteiger partial charge is 0.416 e. The maximum Gasteiger partial charge on any atom is 0.417 e. The molecule has 21 heavy (non-hydrogen) atoms. The first kappa shape index (κ1) is 15.1. The molecule has 112 valence electrons. The first-order valence-corrected chi connectivity index (χ1v) is 5.56. The van der Waals surface area contributed by atoms with Gasteiger partial charge in [0.1, 0.15) is 5.82 Å². The Labute approximate surface area is 115 Å². The van der Waals surface area contributed by atoms with Gasteiger partial charge in [0.15, 0.2) is 0 Å². The lowest BCUT2D eigenvalue weighted by Gasteiger charge is -2.13. The van der Waals surface area contributed by atoms with E-state index in [1.165, 1.54) is 12.1 Å². The Kier molecular flexibility index (Phi) is 4.06. The molecule has 8 heteroatoms. The van der Waals surface area contributed by atoms with E-state index in [1.807, 2.05) is 0 Å². The van der Waals surface area contributed by atoms with Gasteiger partial charge >= 0.3 is 12.8 Å². The van der Waals surface area contributed by atoms with Crippen molar-refractivity contribution in [3.05, 3.63) is 47.9 Å². The van der Waals surface area contributed by atoms with Crippen LogP contribution in [0.4, 0.5) is 26.3 Å². The van der Waals surface area contributed by atoms with Gasteiger partial charge in [-0.05, 0) is 12.1 Å². The molecule has 0 spiro atoms. The van der Waals surface area contributed by atoms with E-state index >= 15 is 0 Å². The number of rotatable bonds is 3. The summed E-state index contributed by atoms with van der Waals surface area (Å²) in [7, 11) is 0. The molecule has 2 aromatic rings. The van der Waals surface area contributed by atoms with Crippen molar-refractivity contribution in [2.24, 2.45) is 0 Å². The first-order chi connectivity index (χ1) is 9.79. The van der Waals surface area contributed by atoms with E-state index in [0.717, 1.165) is 12.1 Å². The van der Waals surface area contributed by atoms with E-state index in [2.05, 4.69) is 9.72 Å². The largest absolute Gasteiger partial charge is 0.417 e. The summed E-state index contributed by atoms with van der Waals surface area (Å²) >= 11 is 0. The molecule has 0 atom stereocenters.